The zero-order valence-corrected chi connectivity index (χ0v) is 17.2. The number of amides is 2. The van der Waals surface area contributed by atoms with Gasteiger partial charge < -0.3 is 14.6 Å². The number of imidazole rings is 1. The molecule has 1 aromatic carbocycles. The molecule has 1 aliphatic heterocycles. The molecule has 6 nitrogen and oxygen atoms in total. The number of hydrogen-bond donors (Lipinski definition) is 1. The van der Waals surface area contributed by atoms with Gasteiger partial charge in [-0.15, -0.1) is 0 Å². The SMILES string of the molecule is Cc1cccc(C)c1CNc1cc(N2CCN(C)C2=O)cn2c(C)c(C)nc12. The van der Waals surface area contributed by atoms with Gasteiger partial charge in [-0.2, -0.15) is 0 Å². The summed E-state index contributed by atoms with van der Waals surface area (Å²) in [7, 11) is 1.84. The van der Waals surface area contributed by atoms with Crippen LogP contribution in [0.4, 0.5) is 16.2 Å². The molecule has 1 fully saturated rings. The number of aryl methyl sites for hydroxylation is 4. The summed E-state index contributed by atoms with van der Waals surface area (Å²) in [5.74, 6) is 0. The van der Waals surface area contributed by atoms with Crippen LogP contribution in [0.15, 0.2) is 30.5 Å². The zero-order chi connectivity index (χ0) is 20.0. The van der Waals surface area contributed by atoms with Crippen LogP contribution in [0, 0.1) is 27.7 Å². The number of fused-ring (bicyclic) bond motifs is 1. The van der Waals surface area contributed by atoms with Crippen molar-refractivity contribution in [2.45, 2.75) is 34.2 Å². The number of carbonyl (C=O) groups excluding carboxylic acids is 1. The van der Waals surface area contributed by atoms with E-state index in [1.165, 1.54) is 16.7 Å². The van der Waals surface area contributed by atoms with Gasteiger partial charge in [-0.1, -0.05) is 18.2 Å². The third-order valence-electron chi connectivity index (χ3n) is 5.81. The second-order valence-electron chi connectivity index (χ2n) is 7.67. The van der Waals surface area contributed by atoms with Crippen molar-refractivity contribution in [3.8, 4) is 0 Å². The number of rotatable bonds is 4. The van der Waals surface area contributed by atoms with Crippen molar-refractivity contribution in [1.29, 1.82) is 0 Å². The molecule has 6 heteroatoms. The summed E-state index contributed by atoms with van der Waals surface area (Å²) in [6.45, 7) is 10.5. The molecule has 3 aromatic rings. The fourth-order valence-corrected chi connectivity index (χ4v) is 3.83. The van der Waals surface area contributed by atoms with E-state index in [0.29, 0.717) is 6.54 Å². The van der Waals surface area contributed by atoms with Crippen LogP contribution in [0.2, 0.25) is 0 Å². The average molecular weight is 377 g/mol. The number of benzene rings is 1. The lowest BCUT2D eigenvalue weighted by Gasteiger charge is -2.19. The number of pyridine rings is 1. The van der Waals surface area contributed by atoms with E-state index in [1.54, 1.807) is 4.90 Å². The van der Waals surface area contributed by atoms with E-state index in [4.69, 9.17) is 4.98 Å². The maximum Gasteiger partial charge on any atom is 0.324 e. The lowest BCUT2D eigenvalue weighted by atomic mass is 10.0. The third-order valence-corrected chi connectivity index (χ3v) is 5.81. The Kier molecular flexibility index (Phi) is 4.49. The van der Waals surface area contributed by atoms with Crippen molar-refractivity contribution in [3.63, 3.8) is 0 Å². The average Bonchev–Trinajstić information content (AvgIpc) is 3.14. The molecule has 3 heterocycles. The Hall–Kier alpha value is -3.02. The summed E-state index contributed by atoms with van der Waals surface area (Å²) >= 11 is 0. The Morgan fingerprint density at radius 3 is 2.46 bits per heavy atom. The molecule has 2 amide bonds. The number of anilines is 2. The van der Waals surface area contributed by atoms with Crippen molar-refractivity contribution >= 4 is 23.1 Å². The Bertz CT molecular complexity index is 1050. The van der Waals surface area contributed by atoms with E-state index < -0.39 is 0 Å². The highest BCUT2D eigenvalue weighted by Gasteiger charge is 2.27. The molecule has 0 aliphatic carbocycles. The minimum atomic E-state index is 0.0366. The molecule has 0 bridgehead atoms. The summed E-state index contributed by atoms with van der Waals surface area (Å²) in [6.07, 6.45) is 2.02. The Balaban J connectivity index is 1.76. The van der Waals surface area contributed by atoms with Crippen LogP contribution in [0.5, 0.6) is 0 Å². The molecule has 1 saturated heterocycles. The fraction of sp³-hybridized carbons (Fsp3) is 0.364. The number of hydrogen-bond acceptors (Lipinski definition) is 3. The first-order valence-electron chi connectivity index (χ1n) is 9.67. The first-order chi connectivity index (χ1) is 13.4. The summed E-state index contributed by atoms with van der Waals surface area (Å²) in [4.78, 5) is 20.9. The maximum atomic E-state index is 12.5. The summed E-state index contributed by atoms with van der Waals surface area (Å²) in [5.41, 5.74) is 8.65. The van der Waals surface area contributed by atoms with Crippen LogP contribution in [0.25, 0.3) is 5.65 Å². The monoisotopic (exact) mass is 377 g/mol. The quantitative estimate of drug-likeness (QED) is 0.746. The topological polar surface area (TPSA) is 52.9 Å². The Morgan fingerprint density at radius 1 is 1.11 bits per heavy atom. The van der Waals surface area contributed by atoms with Crippen LogP contribution in [-0.4, -0.2) is 40.5 Å². The van der Waals surface area contributed by atoms with E-state index in [-0.39, 0.29) is 6.03 Å². The molecular weight excluding hydrogens is 350 g/mol. The van der Waals surface area contributed by atoms with Crippen molar-refractivity contribution in [1.82, 2.24) is 14.3 Å². The van der Waals surface area contributed by atoms with Crippen LogP contribution in [-0.2, 0) is 6.54 Å². The molecule has 0 spiro atoms. The second kappa shape index (κ2) is 6.86. The minimum absolute atomic E-state index is 0.0366. The number of nitrogens with zero attached hydrogens (tertiary/aromatic N) is 4. The third kappa shape index (κ3) is 2.99. The number of carbonyl (C=O) groups is 1. The van der Waals surface area contributed by atoms with Gasteiger partial charge in [-0.05, 0) is 50.5 Å². The normalized spacial score (nSPS) is 14.4. The number of urea groups is 1. The highest BCUT2D eigenvalue weighted by Crippen LogP contribution is 2.29. The van der Waals surface area contributed by atoms with E-state index >= 15 is 0 Å². The number of aromatic nitrogens is 2. The molecule has 0 radical (unpaired) electrons. The lowest BCUT2D eigenvalue weighted by molar-refractivity contribution is 0.229. The van der Waals surface area contributed by atoms with E-state index in [2.05, 4.69) is 48.7 Å². The molecule has 0 unspecified atom stereocenters. The first-order valence-corrected chi connectivity index (χ1v) is 9.67. The molecule has 4 rings (SSSR count). The summed E-state index contributed by atoms with van der Waals surface area (Å²) in [6, 6.07) is 8.45. The summed E-state index contributed by atoms with van der Waals surface area (Å²) in [5, 5.41) is 3.58. The van der Waals surface area contributed by atoms with Gasteiger partial charge in [0.1, 0.15) is 0 Å². The summed E-state index contributed by atoms with van der Waals surface area (Å²) < 4.78 is 2.09. The first kappa shape index (κ1) is 18.3. The van der Waals surface area contributed by atoms with Gasteiger partial charge in [-0.3, -0.25) is 4.90 Å². The molecule has 0 atom stereocenters. The van der Waals surface area contributed by atoms with Gasteiger partial charge in [0.05, 0.1) is 17.1 Å². The van der Waals surface area contributed by atoms with Gasteiger partial charge in [0.25, 0.3) is 0 Å². The van der Waals surface area contributed by atoms with Crippen molar-refractivity contribution in [2.24, 2.45) is 0 Å². The highest BCUT2D eigenvalue weighted by molar-refractivity contribution is 5.95. The van der Waals surface area contributed by atoms with Gasteiger partial charge in [-0.25, -0.2) is 9.78 Å². The van der Waals surface area contributed by atoms with E-state index in [1.807, 2.05) is 31.1 Å². The molecule has 2 aromatic heterocycles. The van der Waals surface area contributed by atoms with Gasteiger partial charge in [0.2, 0.25) is 0 Å². The van der Waals surface area contributed by atoms with Crippen LogP contribution in [0.3, 0.4) is 0 Å². The maximum absolute atomic E-state index is 12.5. The van der Waals surface area contributed by atoms with Crippen LogP contribution < -0.4 is 10.2 Å². The van der Waals surface area contributed by atoms with Crippen molar-refractivity contribution in [2.75, 3.05) is 30.4 Å². The standard InChI is InChI=1S/C22H27N5O/c1-14-7-6-8-15(2)19(14)12-23-20-11-18(26-10-9-25(5)22(26)28)13-27-17(4)16(3)24-21(20)27/h6-8,11,13,23H,9-10,12H2,1-5H3. The largest absolute Gasteiger partial charge is 0.378 e. The fourth-order valence-electron chi connectivity index (χ4n) is 3.83. The Morgan fingerprint density at radius 2 is 1.82 bits per heavy atom. The molecule has 146 valence electrons. The Labute approximate surface area is 165 Å². The van der Waals surface area contributed by atoms with Gasteiger partial charge in [0.15, 0.2) is 5.65 Å². The van der Waals surface area contributed by atoms with Crippen LogP contribution >= 0.6 is 0 Å². The molecule has 28 heavy (non-hydrogen) atoms. The predicted molar refractivity (Wildman–Crippen MR) is 113 cm³/mol. The van der Waals surface area contributed by atoms with Gasteiger partial charge in [0, 0.05) is 38.6 Å². The molecule has 0 saturated carbocycles. The molecular formula is C22H27N5O. The van der Waals surface area contributed by atoms with E-state index in [9.17, 15) is 4.79 Å². The predicted octanol–water partition coefficient (Wildman–Crippen LogP) is 4.05. The van der Waals surface area contributed by atoms with Crippen molar-refractivity contribution in [3.05, 3.63) is 58.5 Å². The van der Waals surface area contributed by atoms with Gasteiger partial charge >= 0.3 is 6.03 Å². The molecule has 1 aliphatic rings. The zero-order valence-electron chi connectivity index (χ0n) is 17.2. The second-order valence-corrected chi connectivity index (χ2v) is 7.67. The highest BCUT2D eigenvalue weighted by atomic mass is 16.2. The number of nitrogens with one attached hydrogen (secondary N) is 1. The number of likely N-dealkylation sites (N-methyl/N-ethyl adjacent to an activating group) is 1. The smallest absolute Gasteiger partial charge is 0.324 e. The minimum Gasteiger partial charge on any atom is -0.378 e. The van der Waals surface area contributed by atoms with E-state index in [0.717, 1.165) is 41.5 Å². The van der Waals surface area contributed by atoms with Crippen molar-refractivity contribution < 1.29 is 4.79 Å². The molecule has 1 N–H and O–H groups in total. The van der Waals surface area contributed by atoms with Crippen LogP contribution in [0.1, 0.15) is 28.1 Å². The lowest BCUT2D eigenvalue weighted by Crippen LogP contribution is -2.29.